The Bertz CT molecular complexity index is 552. The van der Waals surface area contributed by atoms with Crippen molar-refractivity contribution in [3.8, 4) is 0 Å². The molecular weight excluding hydrogens is 274 g/mol. The lowest BCUT2D eigenvalue weighted by atomic mass is 10.2. The van der Waals surface area contributed by atoms with Gasteiger partial charge >= 0.3 is 5.97 Å². The van der Waals surface area contributed by atoms with Gasteiger partial charge in [0.05, 0.1) is 6.54 Å². The molecule has 2 amide bonds. The highest BCUT2D eigenvalue weighted by atomic mass is 16.4. The zero-order valence-corrected chi connectivity index (χ0v) is 11.9. The molecule has 2 N–H and O–H groups in total. The standard InChI is InChI=1S/C14H17N3O4/c1-3-17(9-12(18)15-2)14(21)11-6-4-10(8-16-11)5-7-13(19)20/h4-8H,3,9H2,1-2H3,(H,15,18)(H,19,20). The number of aliphatic carboxylic acids is 1. The Kier molecular flexibility index (Phi) is 6.06. The van der Waals surface area contributed by atoms with Crippen molar-refractivity contribution < 1.29 is 19.5 Å². The zero-order chi connectivity index (χ0) is 15.8. The molecule has 0 unspecified atom stereocenters. The molecular formula is C14H17N3O4. The number of amides is 2. The van der Waals surface area contributed by atoms with Gasteiger partial charge in [0.2, 0.25) is 5.91 Å². The smallest absolute Gasteiger partial charge is 0.328 e. The molecule has 1 rings (SSSR count). The summed E-state index contributed by atoms with van der Waals surface area (Å²) < 4.78 is 0. The van der Waals surface area contributed by atoms with Crippen molar-refractivity contribution in [2.24, 2.45) is 0 Å². The number of carboxylic acid groups (broad SMARTS) is 1. The van der Waals surface area contributed by atoms with Crippen LogP contribution in [0.25, 0.3) is 6.08 Å². The first-order valence-electron chi connectivity index (χ1n) is 6.34. The molecule has 0 spiro atoms. The fourth-order valence-corrected chi connectivity index (χ4v) is 1.54. The Hall–Kier alpha value is -2.70. The van der Waals surface area contributed by atoms with Crippen molar-refractivity contribution in [2.45, 2.75) is 6.92 Å². The number of nitrogens with one attached hydrogen (secondary N) is 1. The third-order valence-electron chi connectivity index (χ3n) is 2.71. The van der Waals surface area contributed by atoms with Crippen LogP contribution < -0.4 is 5.32 Å². The van der Waals surface area contributed by atoms with E-state index < -0.39 is 5.97 Å². The lowest BCUT2D eigenvalue weighted by molar-refractivity contribution is -0.131. The van der Waals surface area contributed by atoms with Gasteiger partial charge in [-0.3, -0.25) is 14.6 Å². The van der Waals surface area contributed by atoms with Gasteiger partial charge in [-0.2, -0.15) is 0 Å². The highest BCUT2D eigenvalue weighted by Gasteiger charge is 2.17. The molecule has 0 aliphatic heterocycles. The van der Waals surface area contributed by atoms with Gasteiger partial charge < -0.3 is 15.3 Å². The number of nitrogens with zero attached hydrogens (tertiary/aromatic N) is 2. The van der Waals surface area contributed by atoms with E-state index in [2.05, 4.69) is 10.3 Å². The fraction of sp³-hybridized carbons (Fsp3) is 0.286. The Morgan fingerprint density at radius 2 is 2.10 bits per heavy atom. The highest BCUT2D eigenvalue weighted by Crippen LogP contribution is 2.06. The first kappa shape index (κ1) is 16.4. The molecule has 0 bridgehead atoms. The van der Waals surface area contributed by atoms with Crippen LogP contribution in [0.15, 0.2) is 24.4 Å². The first-order valence-corrected chi connectivity index (χ1v) is 6.34. The van der Waals surface area contributed by atoms with Crippen LogP contribution in [0.3, 0.4) is 0 Å². The van der Waals surface area contributed by atoms with E-state index in [0.29, 0.717) is 12.1 Å². The van der Waals surface area contributed by atoms with Gasteiger partial charge in [-0.15, -0.1) is 0 Å². The molecule has 0 saturated heterocycles. The van der Waals surface area contributed by atoms with Crippen molar-refractivity contribution in [3.05, 3.63) is 35.7 Å². The maximum absolute atomic E-state index is 12.2. The third kappa shape index (κ3) is 5.06. The largest absolute Gasteiger partial charge is 0.478 e. The average molecular weight is 291 g/mol. The molecule has 1 aromatic heterocycles. The third-order valence-corrected chi connectivity index (χ3v) is 2.71. The number of aromatic nitrogens is 1. The van der Waals surface area contributed by atoms with E-state index in [-0.39, 0.29) is 24.1 Å². The van der Waals surface area contributed by atoms with Crippen LogP contribution in [0.4, 0.5) is 0 Å². The molecule has 7 nitrogen and oxygen atoms in total. The first-order chi connectivity index (χ1) is 9.97. The molecule has 112 valence electrons. The molecule has 1 aromatic rings. The summed E-state index contributed by atoms with van der Waals surface area (Å²) in [6, 6.07) is 3.09. The lowest BCUT2D eigenvalue weighted by Gasteiger charge is -2.19. The van der Waals surface area contributed by atoms with E-state index in [1.165, 1.54) is 30.3 Å². The molecule has 0 aliphatic rings. The predicted molar refractivity (Wildman–Crippen MR) is 76.6 cm³/mol. The number of pyridine rings is 1. The molecule has 7 heteroatoms. The number of rotatable bonds is 6. The van der Waals surface area contributed by atoms with Crippen molar-refractivity contribution in [2.75, 3.05) is 20.1 Å². The van der Waals surface area contributed by atoms with Crippen LogP contribution in [0.5, 0.6) is 0 Å². The SMILES string of the molecule is CCN(CC(=O)NC)C(=O)c1ccc(C=CC(=O)O)cn1. The van der Waals surface area contributed by atoms with E-state index >= 15 is 0 Å². The monoisotopic (exact) mass is 291 g/mol. The van der Waals surface area contributed by atoms with E-state index in [1.807, 2.05) is 0 Å². The Labute approximate surface area is 122 Å². The lowest BCUT2D eigenvalue weighted by Crippen LogP contribution is -2.39. The molecule has 1 heterocycles. The summed E-state index contributed by atoms with van der Waals surface area (Å²) >= 11 is 0. The van der Waals surface area contributed by atoms with Gasteiger partial charge in [0.25, 0.3) is 5.91 Å². The van der Waals surface area contributed by atoms with Crippen molar-refractivity contribution in [3.63, 3.8) is 0 Å². The molecule has 0 fully saturated rings. The van der Waals surface area contributed by atoms with Gasteiger partial charge in [-0.05, 0) is 24.6 Å². The van der Waals surface area contributed by atoms with Gasteiger partial charge in [0, 0.05) is 25.9 Å². The number of carboxylic acids is 1. The van der Waals surface area contributed by atoms with E-state index in [4.69, 9.17) is 5.11 Å². The normalized spacial score (nSPS) is 10.4. The van der Waals surface area contributed by atoms with Gasteiger partial charge in [0.1, 0.15) is 5.69 Å². The van der Waals surface area contributed by atoms with Crippen LogP contribution in [0, 0.1) is 0 Å². The molecule has 0 saturated carbocycles. The Morgan fingerprint density at radius 1 is 1.38 bits per heavy atom. The Balaban J connectivity index is 2.82. The predicted octanol–water partition coefficient (Wildman–Crippen LogP) is 0.387. The topological polar surface area (TPSA) is 99.6 Å². The highest BCUT2D eigenvalue weighted by molar-refractivity contribution is 5.95. The Morgan fingerprint density at radius 3 is 2.57 bits per heavy atom. The van der Waals surface area contributed by atoms with E-state index in [1.54, 1.807) is 13.0 Å². The summed E-state index contributed by atoms with van der Waals surface area (Å²) in [6.45, 7) is 2.12. The van der Waals surface area contributed by atoms with Gasteiger partial charge in [-0.25, -0.2) is 4.79 Å². The fourth-order valence-electron chi connectivity index (χ4n) is 1.54. The second-order valence-corrected chi connectivity index (χ2v) is 4.14. The quantitative estimate of drug-likeness (QED) is 0.738. The minimum Gasteiger partial charge on any atom is -0.478 e. The molecule has 21 heavy (non-hydrogen) atoms. The number of hydrogen-bond donors (Lipinski definition) is 2. The van der Waals surface area contributed by atoms with E-state index in [0.717, 1.165) is 6.08 Å². The minimum absolute atomic E-state index is 0.0335. The minimum atomic E-state index is -1.06. The second-order valence-electron chi connectivity index (χ2n) is 4.14. The molecule has 0 atom stereocenters. The molecule has 0 aliphatic carbocycles. The summed E-state index contributed by atoms with van der Waals surface area (Å²) in [4.78, 5) is 39.3. The number of carbonyl (C=O) groups excluding carboxylic acids is 2. The van der Waals surface area contributed by atoms with Gasteiger partial charge in [-0.1, -0.05) is 6.07 Å². The zero-order valence-electron chi connectivity index (χ0n) is 11.9. The van der Waals surface area contributed by atoms with Crippen LogP contribution in [-0.4, -0.2) is 52.9 Å². The summed E-state index contributed by atoms with van der Waals surface area (Å²) in [5.74, 6) is -1.67. The number of hydrogen-bond acceptors (Lipinski definition) is 4. The number of carbonyl (C=O) groups is 3. The van der Waals surface area contributed by atoms with Gasteiger partial charge in [0.15, 0.2) is 0 Å². The summed E-state index contributed by atoms with van der Waals surface area (Å²) in [5.41, 5.74) is 0.775. The number of likely N-dealkylation sites (N-methyl/N-ethyl adjacent to an activating group) is 2. The maximum atomic E-state index is 12.2. The summed E-state index contributed by atoms with van der Waals surface area (Å²) in [5, 5.41) is 11.0. The van der Waals surface area contributed by atoms with Crippen molar-refractivity contribution in [1.82, 2.24) is 15.2 Å². The van der Waals surface area contributed by atoms with Crippen LogP contribution in [-0.2, 0) is 9.59 Å². The summed E-state index contributed by atoms with van der Waals surface area (Å²) in [6.07, 6.45) is 3.77. The maximum Gasteiger partial charge on any atom is 0.328 e. The second kappa shape index (κ2) is 7.78. The van der Waals surface area contributed by atoms with Crippen LogP contribution in [0.2, 0.25) is 0 Å². The summed E-state index contributed by atoms with van der Waals surface area (Å²) in [7, 11) is 1.50. The average Bonchev–Trinajstić information content (AvgIpc) is 2.50. The van der Waals surface area contributed by atoms with Crippen LogP contribution >= 0.6 is 0 Å². The van der Waals surface area contributed by atoms with Crippen molar-refractivity contribution >= 4 is 23.9 Å². The molecule has 0 aromatic carbocycles. The molecule has 0 radical (unpaired) electrons. The van der Waals surface area contributed by atoms with Crippen LogP contribution in [0.1, 0.15) is 23.0 Å². The van der Waals surface area contributed by atoms with E-state index in [9.17, 15) is 14.4 Å². The van der Waals surface area contributed by atoms with Crippen molar-refractivity contribution in [1.29, 1.82) is 0 Å².